The van der Waals surface area contributed by atoms with Gasteiger partial charge in [-0.3, -0.25) is 4.79 Å². The zero-order valence-electron chi connectivity index (χ0n) is 16.0. The Morgan fingerprint density at radius 1 is 1.23 bits per heavy atom. The first-order valence-corrected chi connectivity index (χ1v) is 10.4. The van der Waals surface area contributed by atoms with E-state index in [1.807, 2.05) is 25.1 Å². The molecular weight excluding hydrogens is 480 g/mol. The number of carbonyl (C=O) groups is 1. The average Bonchev–Trinajstić information content (AvgIpc) is 3.04. The van der Waals surface area contributed by atoms with Crippen LogP contribution in [0.15, 0.2) is 52.1 Å². The summed E-state index contributed by atoms with van der Waals surface area (Å²) in [6.45, 7) is 0.789. The fraction of sp³-hybridized carbons (Fsp3) is 0.211. The van der Waals surface area contributed by atoms with Gasteiger partial charge in [0.15, 0.2) is 5.82 Å². The number of aryl methyl sites for hydroxylation is 1. The summed E-state index contributed by atoms with van der Waals surface area (Å²) in [4.78, 5) is 12.5. The Morgan fingerprint density at radius 3 is 2.57 bits per heavy atom. The summed E-state index contributed by atoms with van der Waals surface area (Å²) in [6.07, 6.45) is 0. The molecule has 3 N–H and O–H groups in total. The average molecular weight is 498 g/mol. The second-order valence-electron chi connectivity index (χ2n) is 6.31. The van der Waals surface area contributed by atoms with Crippen LogP contribution >= 0.6 is 27.7 Å². The monoisotopic (exact) mass is 497 g/mol. The van der Waals surface area contributed by atoms with Crippen LogP contribution < -0.4 is 15.9 Å². The number of rotatable bonds is 7. The van der Waals surface area contributed by atoms with Crippen molar-refractivity contribution in [1.29, 1.82) is 0 Å². The summed E-state index contributed by atoms with van der Waals surface area (Å²) in [6, 6.07) is 11.5. The van der Waals surface area contributed by atoms with Gasteiger partial charge in [-0.25, -0.2) is 4.68 Å². The third kappa shape index (κ3) is 5.28. The normalized spacial score (nSPS) is 12.1. The van der Waals surface area contributed by atoms with Crippen molar-refractivity contribution in [1.82, 2.24) is 14.9 Å². The molecule has 7 nitrogen and oxygen atoms in total. The van der Waals surface area contributed by atoms with Crippen molar-refractivity contribution in [3.05, 3.63) is 52.5 Å². The van der Waals surface area contributed by atoms with Crippen molar-refractivity contribution in [3.63, 3.8) is 0 Å². The van der Waals surface area contributed by atoms with E-state index >= 15 is 0 Å². The van der Waals surface area contributed by atoms with Gasteiger partial charge in [0, 0.05) is 10.0 Å². The highest BCUT2D eigenvalue weighted by atomic mass is 79.9. The molecule has 0 spiro atoms. The number of hydrogen-bond acceptors (Lipinski definition) is 6. The van der Waals surface area contributed by atoms with Gasteiger partial charge in [0.25, 0.3) is 0 Å². The molecule has 0 radical (unpaired) electrons. The fourth-order valence-electron chi connectivity index (χ4n) is 2.51. The molecule has 1 heterocycles. The number of hydrogen-bond donors (Lipinski definition) is 2. The summed E-state index contributed by atoms with van der Waals surface area (Å²) >= 11 is 4.58. The number of anilines is 1. The number of nitrogens with two attached hydrogens (primary N) is 1. The molecule has 3 aromatic rings. The van der Waals surface area contributed by atoms with Crippen LogP contribution in [-0.2, 0) is 4.79 Å². The highest BCUT2D eigenvalue weighted by Gasteiger charge is 2.21. The molecule has 3 rings (SSSR count). The molecule has 0 aliphatic rings. The number of thioether (sulfide) groups is 1. The lowest BCUT2D eigenvalue weighted by molar-refractivity contribution is -0.115. The van der Waals surface area contributed by atoms with Crippen LogP contribution in [0.1, 0.15) is 12.5 Å². The summed E-state index contributed by atoms with van der Waals surface area (Å²) in [5.41, 5.74) is 2.30. The highest BCUT2D eigenvalue weighted by Crippen LogP contribution is 2.28. The first kappa shape index (κ1) is 22.0. The van der Waals surface area contributed by atoms with Gasteiger partial charge < -0.3 is 15.9 Å². The van der Waals surface area contributed by atoms with Gasteiger partial charge in [-0.2, -0.15) is 8.78 Å². The molecule has 0 aliphatic carbocycles. The highest BCUT2D eigenvalue weighted by molar-refractivity contribution is 9.10. The Labute approximate surface area is 184 Å². The molecular formula is C19H18BrF2N5O2S. The zero-order valence-corrected chi connectivity index (χ0v) is 18.4. The Bertz CT molecular complexity index is 1050. The molecule has 2 aromatic carbocycles. The Morgan fingerprint density at radius 2 is 1.93 bits per heavy atom. The molecule has 0 bridgehead atoms. The van der Waals surface area contributed by atoms with Gasteiger partial charge >= 0.3 is 6.61 Å². The van der Waals surface area contributed by atoms with E-state index in [-0.39, 0.29) is 11.7 Å². The van der Waals surface area contributed by atoms with E-state index in [0.29, 0.717) is 22.2 Å². The minimum absolute atomic E-state index is 0.0268. The molecule has 0 saturated heterocycles. The Balaban J connectivity index is 1.68. The summed E-state index contributed by atoms with van der Waals surface area (Å²) in [5.74, 6) is 6.21. The molecule has 30 heavy (non-hydrogen) atoms. The van der Waals surface area contributed by atoms with E-state index in [0.717, 1.165) is 21.8 Å². The molecule has 0 aliphatic heterocycles. The predicted molar refractivity (Wildman–Crippen MR) is 115 cm³/mol. The van der Waals surface area contributed by atoms with Crippen LogP contribution in [0.2, 0.25) is 0 Å². The smallest absolute Gasteiger partial charge is 0.387 e. The lowest BCUT2D eigenvalue weighted by Crippen LogP contribution is -2.23. The fourth-order valence-corrected chi connectivity index (χ4v) is 3.87. The van der Waals surface area contributed by atoms with E-state index in [9.17, 15) is 13.6 Å². The van der Waals surface area contributed by atoms with Crippen molar-refractivity contribution in [2.75, 3.05) is 11.2 Å². The van der Waals surface area contributed by atoms with Crippen LogP contribution in [0.4, 0.5) is 14.5 Å². The first-order chi connectivity index (χ1) is 14.2. The van der Waals surface area contributed by atoms with Crippen molar-refractivity contribution in [2.45, 2.75) is 30.9 Å². The lowest BCUT2D eigenvalue weighted by Gasteiger charge is -2.13. The minimum Gasteiger partial charge on any atom is -0.435 e. The predicted octanol–water partition coefficient (Wildman–Crippen LogP) is 4.45. The lowest BCUT2D eigenvalue weighted by atomic mass is 10.2. The molecule has 0 fully saturated rings. The summed E-state index contributed by atoms with van der Waals surface area (Å²) in [5, 5.41) is 10.8. The summed E-state index contributed by atoms with van der Waals surface area (Å²) < 4.78 is 30.9. The largest absolute Gasteiger partial charge is 0.435 e. The van der Waals surface area contributed by atoms with Crippen LogP contribution in [0.25, 0.3) is 11.4 Å². The first-order valence-electron chi connectivity index (χ1n) is 8.74. The molecule has 1 aromatic heterocycles. The van der Waals surface area contributed by atoms with Crippen molar-refractivity contribution in [2.24, 2.45) is 0 Å². The van der Waals surface area contributed by atoms with Gasteiger partial charge in [0.05, 0.1) is 10.9 Å². The standard InChI is InChI=1S/C19H18BrF2N5O2S/c1-10-3-8-15(14(20)9-10)24-17(28)11(2)30-19-26-25-16(27(19)23)12-4-6-13(7-5-12)29-18(21)22/h3-9,11,18H,23H2,1-2H3,(H,24,28). The SMILES string of the molecule is Cc1ccc(NC(=O)C(C)Sc2nnc(-c3ccc(OC(F)F)cc3)n2N)c(Br)c1. The second-order valence-corrected chi connectivity index (χ2v) is 8.47. The van der Waals surface area contributed by atoms with Crippen LogP contribution in [-0.4, -0.2) is 32.6 Å². The van der Waals surface area contributed by atoms with E-state index < -0.39 is 11.9 Å². The number of amides is 1. The number of carbonyl (C=O) groups excluding carboxylic acids is 1. The van der Waals surface area contributed by atoms with E-state index in [2.05, 4.69) is 36.2 Å². The van der Waals surface area contributed by atoms with Crippen LogP contribution in [0.3, 0.4) is 0 Å². The van der Waals surface area contributed by atoms with Gasteiger partial charge in [-0.1, -0.05) is 17.8 Å². The van der Waals surface area contributed by atoms with E-state index in [1.165, 1.54) is 16.8 Å². The molecule has 158 valence electrons. The number of halogens is 3. The Hall–Kier alpha value is -2.66. The molecule has 11 heteroatoms. The van der Waals surface area contributed by atoms with Crippen molar-refractivity contribution >= 4 is 39.3 Å². The molecule has 1 amide bonds. The summed E-state index contributed by atoms with van der Waals surface area (Å²) in [7, 11) is 0. The number of aromatic nitrogens is 3. The van der Waals surface area contributed by atoms with Gasteiger partial charge in [0.2, 0.25) is 11.1 Å². The van der Waals surface area contributed by atoms with Crippen molar-refractivity contribution < 1.29 is 18.3 Å². The quantitative estimate of drug-likeness (QED) is 0.369. The van der Waals surface area contributed by atoms with E-state index in [1.54, 1.807) is 19.1 Å². The Kier molecular flexibility index (Phi) is 6.93. The maximum atomic E-state index is 12.5. The van der Waals surface area contributed by atoms with Gasteiger partial charge in [-0.15, -0.1) is 10.2 Å². The van der Waals surface area contributed by atoms with Crippen molar-refractivity contribution in [3.8, 4) is 17.1 Å². The minimum atomic E-state index is -2.90. The maximum absolute atomic E-state index is 12.5. The molecule has 1 unspecified atom stereocenters. The number of alkyl halides is 2. The maximum Gasteiger partial charge on any atom is 0.387 e. The third-order valence-corrected chi connectivity index (χ3v) is 5.75. The molecule has 0 saturated carbocycles. The van der Waals surface area contributed by atoms with Gasteiger partial charge in [-0.05, 0) is 71.7 Å². The second kappa shape index (κ2) is 9.43. The molecule has 1 atom stereocenters. The zero-order chi connectivity index (χ0) is 21.8. The number of nitrogens with zero attached hydrogens (tertiary/aromatic N) is 3. The number of nitrogens with one attached hydrogen (secondary N) is 1. The number of nitrogen functional groups attached to an aromatic ring is 1. The van der Waals surface area contributed by atoms with Crippen LogP contribution in [0, 0.1) is 6.92 Å². The topological polar surface area (TPSA) is 95.1 Å². The van der Waals surface area contributed by atoms with E-state index in [4.69, 9.17) is 5.84 Å². The van der Waals surface area contributed by atoms with Gasteiger partial charge in [0.1, 0.15) is 5.75 Å². The number of benzene rings is 2. The number of ether oxygens (including phenoxy) is 1. The van der Waals surface area contributed by atoms with Crippen LogP contribution in [0.5, 0.6) is 5.75 Å². The third-order valence-electron chi connectivity index (χ3n) is 4.04.